The van der Waals surface area contributed by atoms with E-state index in [1.807, 2.05) is 6.92 Å². The van der Waals surface area contributed by atoms with Crippen LogP contribution in [-0.2, 0) is 0 Å². The first-order chi connectivity index (χ1) is 6.64. The standard InChI is InChI=1S/C11H21NO2/c1-10(8-13,9-14)12-6-11(7-12)4-2-3-5-11/h13-14H,2-9H2,1H3. The van der Waals surface area contributed by atoms with Crippen molar-refractivity contribution in [2.45, 2.75) is 38.1 Å². The molecule has 2 rings (SSSR count). The molecule has 0 aromatic rings. The lowest BCUT2D eigenvalue weighted by atomic mass is 9.75. The number of hydrogen-bond acceptors (Lipinski definition) is 3. The fourth-order valence-corrected chi connectivity index (χ4v) is 2.84. The summed E-state index contributed by atoms with van der Waals surface area (Å²) < 4.78 is 0. The predicted octanol–water partition coefficient (Wildman–Crippen LogP) is 0.606. The molecular formula is C11H21NO2. The molecule has 1 aliphatic heterocycles. The van der Waals surface area contributed by atoms with Crippen molar-refractivity contribution in [1.29, 1.82) is 0 Å². The maximum atomic E-state index is 9.25. The van der Waals surface area contributed by atoms with Gasteiger partial charge in [-0.25, -0.2) is 0 Å². The van der Waals surface area contributed by atoms with Crippen molar-refractivity contribution in [3.8, 4) is 0 Å². The third-order valence-electron chi connectivity index (χ3n) is 4.16. The second-order valence-electron chi connectivity index (χ2n) is 5.38. The number of aliphatic hydroxyl groups is 2. The van der Waals surface area contributed by atoms with E-state index in [1.54, 1.807) is 0 Å². The summed E-state index contributed by atoms with van der Waals surface area (Å²) in [5.41, 5.74) is 0.152. The number of rotatable bonds is 3. The highest BCUT2D eigenvalue weighted by atomic mass is 16.3. The molecule has 0 bridgehead atoms. The number of hydrogen-bond donors (Lipinski definition) is 2. The van der Waals surface area contributed by atoms with Crippen LogP contribution in [0.2, 0.25) is 0 Å². The van der Waals surface area contributed by atoms with E-state index in [9.17, 15) is 10.2 Å². The molecule has 82 valence electrons. The van der Waals surface area contributed by atoms with Crippen molar-refractivity contribution < 1.29 is 10.2 Å². The van der Waals surface area contributed by atoms with Gasteiger partial charge in [0, 0.05) is 13.1 Å². The van der Waals surface area contributed by atoms with E-state index in [-0.39, 0.29) is 13.2 Å². The topological polar surface area (TPSA) is 43.7 Å². The van der Waals surface area contributed by atoms with Crippen LogP contribution in [0.3, 0.4) is 0 Å². The van der Waals surface area contributed by atoms with Gasteiger partial charge < -0.3 is 10.2 Å². The lowest BCUT2D eigenvalue weighted by Crippen LogP contribution is -2.66. The molecule has 1 heterocycles. The molecule has 2 N–H and O–H groups in total. The Balaban J connectivity index is 1.92. The first-order valence-corrected chi connectivity index (χ1v) is 5.61. The van der Waals surface area contributed by atoms with E-state index >= 15 is 0 Å². The lowest BCUT2D eigenvalue weighted by Gasteiger charge is -2.55. The van der Waals surface area contributed by atoms with Crippen LogP contribution in [0.1, 0.15) is 32.6 Å². The Morgan fingerprint density at radius 3 is 2.07 bits per heavy atom. The maximum Gasteiger partial charge on any atom is 0.0644 e. The summed E-state index contributed by atoms with van der Waals surface area (Å²) >= 11 is 0. The highest BCUT2D eigenvalue weighted by Crippen LogP contribution is 2.47. The molecule has 14 heavy (non-hydrogen) atoms. The number of aliphatic hydroxyl groups excluding tert-OH is 2. The van der Waals surface area contributed by atoms with Crippen LogP contribution in [0.5, 0.6) is 0 Å². The first-order valence-electron chi connectivity index (χ1n) is 5.61. The fourth-order valence-electron chi connectivity index (χ4n) is 2.84. The average molecular weight is 199 g/mol. The summed E-state index contributed by atoms with van der Waals surface area (Å²) in [6.45, 7) is 4.20. The van der Waals surface area contributed by atoms with Crippen molar-refractivity contribution >= 4 is 0 Å². The monoisotopic (exact) mass is 199 g/mol. The van der Waals surface area contributed by atoms with Crippen molar-refractivity contribution in [3.05, 3.63) is 0 Å². The Hall–Kier alpha value is -0.120. The van der Waals surface area contributed by atoms with Crippen LogP contribution in [0.15, 0.2) is 0 Å². The molecule has 0 atom stereocenters. The molecule has 0 radical (unpaired) electrons. The number of likely N-dealkylation sites (tertiary alicyclic amines) is 1. The zero-order chi connectivity index (χ0) is 10.2. The van der Waals surface area contributed by atoms with Crippen LogP contribution in [-0.4, -0.2) is 47.0 Å². The summed E-state index contributed by atoms with van der Waals surface area (Å²) in [6, 6.07) is 0. The quantitative estimate of drug-likeness (QED) is 0.700. The summed E-state index contributed by atoms with van der Waals surface area (Å²) in [7, 11) is 0. The van der Waals surface area contributed by atoms with E-state index in [4.69, 9.17) is 0 Å². The Labute approximate surface area is 85.7 Å². The van der Waals surface area contributed by atoms with Crippen LogP contribution < -0.4 is 0 Å². The highest BCUT2D eigenvalue weighted by molar-refractivity contribution is 5.03. The van der Waals surface area contributed by atoms with Gasteiger partial charge in [-0.3, -0.25) is 4.90 Å². The minimum Gasteiger partial charge on any atom is -0.394 e. The van der Waals surface area contributed by atoms with Gasteiger partial charge in [0.15, 0.2) is 0 Å². The normalized spacial score (nSPS) is 26.8. The molecule has 0 aromatic heterocycles. The third-order valence-corrected chi connectivity index (χ3v) is 4.16. The lowest BCUT2D eigenvalue weighted by molar-refractivity contribution is -0.106. The van der Waals surface area contributed by atoms with E-state index < -0.39 is 5.54 Å². The van der Waals surface area contributed by atoms with Crippen molar-refractivity contribution in [2.75, 3.05) is 26.3 Å². The van der Waals surface area contributed by atoms with Crippen molar-refractivity contribution in [1.82, 2.24) is 4.90 Å². The second-order valence-corrected chi connectivity index (χ2v) is 5.38. The molecule has 2 fully saturated rings. The number of nitrogens with zero attached hydrogens (tertiary/aromatic N) is 1. The summed E-state index contributed by atoms with van der Waals surface area (Å²) in [5.74, 6) is 0. The molecule has 0 amide bonds. The van der Waals surface area contributed by atoms with Gasteiger partial charge >= 0.3 is 0 Å². The summed E-state index contributed by atoms with van der Waals surface area (Å²) in [4.78, 5) is 2.23. The second kappa shape index (κ2) is 3.47. The zero-order valence-corrected chi connectivity index (χ0v) is 9.00. The van der Waals surface area contributed by atoms with E-state index in [0.717, 1.165) is 13.1 Å². The molecule has 0 aromatic carbocycles. The van der Waals surface area contributed by atoms with Gasteiger partial charge in [0.1, 0.15) is 0 Å². The Bertz CT molecular complexity index is 199. The van der Waals surface area contributed by atoms with Gasteiger partial charge in [0.2, 0.25) is 0 Å². The maximum absolute atomic E-state index is 9.25. The summed E-state index contributed by atoms with van der Waals surface area (Å²) in [6.07, 6.45) is 5.42. The third kappa shape index (κ3) is 1.47. The Kier molecular flexibility index (Phi) is 2.58. The molecule has 1 saturated carbocycles. The smallest absolute Gasteiger partial charge is 0.0644 e. The largest absolute Gasteiger partial charge is 0.394 e. The van der Waals surface area contributed by atoms with Gasteiger partial charge in [-0.1, -0.05) is 12.8 Å². The summed E-state index contributed by atoms with van der Waals surface area (Å²) in [5, 5.41) is 18.5. The molecule has 0 unspecified atom stereocenters. The molecule has 3 heteroatoms. The molecule has 1 spiro atoms. The van der Waals surface area contributed by atoms with Gasteiger partial charge in [-0.05, 0) is 25.2 Å². The van der Waals surface area contributed by atoms with Crippen molar-refractivity contribution in [3.63, 3.8) is 0 Å². The fraction of sp³-hybridized carbons (Fsp3) is 1.00. The van der Waals surface area contributed by atoms with E-state index in [1.165, 1.54) is 25.7 Å². The first kappa shape index (κ1) is 10.4. The van der Waals surface area contributed by atoms with E-state index in [0.29, 0.717) is 5.41 Å². The average Bonchev–Trinajstić information content (AvgIpc) is 2.63. The Morgan fingerprint density at radius 2 is 1.64 bits per heavy atom. The van der Waals surface area contributed by atoms with E-state index in [2.05, 4.69) is 4.90 Å². The van der Waals surface area contributed by atoms with Gasteiger partial charge in [-0.15, -0.1) is 0 Å². The molecule has 2 aliphatic rings. The minimum absolute atomic E-state index is 0.0551. The van der Waals surface area contributed by atoms with Crippen LogP contribution in [0.25, 0.3) is 0 Å². The van der Waals surface area contributed by atoms with Crippen LogP contribution in [0.4, 0.5) is 0 Å². The minimum atomic E-state index is -0.395. The van der Waals surface area contributed by atoms with Crippen LogP contribution in [0, 0.1) is 5.41 Å². The molecule has 1 saturated heterocycles. The Morgan fingerprint density at radius 1 is 1.14 bits per heavy atom. The van der Waals surface area contributed by atoms with Gasteiger partial charge in [-0.2, -0.15) is 0 Å². The van der Waals surface area contributed by atoms with Crippen LogP contribution >= 0.6 is 0 Å². The van der Waals surface area contributed by atoms with Gasteiger partial charge in [0.25, 0.3) is 0 Å². The molecule has 1 aliphatic carbocycles. The van der Waals surface area contributed by atoms with Gasteiger partial charge in [0.05, 0.1) is 18.8 Å². The highest BCUT2D eigenvalue weighted by Gasteiger charge is 2.50. The predicted molar refractivity (Wildman–Crippen MR) is 55.1 cm³/mol. The molecular weight excluding hydrogens is 178 g/mol. The molecule has 3 nitrogen and oxygen atoms in total. The van der Waals surface area contributed by atoms with Crippen molar-refractivity contribution in [2.24, 2.45) is 5.41 Å². The zero-order valence-electron chi connectivity index (χ0n) is 9.00. The SMILES string of the molecule is CC(CO)(CO)N1CC2(CCCC2)C1.